The Morgan fingerprint density at radius 3 is 2.68 bits per heavy atom. The second kappa shape index (κ2) is 8.53. The second-order valence-corrected chi connectivity index (χ2v) is 6.53. The summed E-state index contributed by atoms with van der Waals surface area (Å²) in [6.45, 7) is 1.76. The monoisotopic (exact) mass is 399 g/mol. The molecular weight excluding hydrogens is 382 g/mol. The SMILES string of the molecule is COC(=O)c1cncc(Cc2snc(C)c2C(=O)Nc2ccc(OC)nc2)n1. The van der Waals surface area contributed by atoms with Gasteiger partial charge in [0.1, 0.15) is 0 Å². The van der Waals surface area contributed by atoms with E-state index in [4.69, 9.17) is 4.74 Å². The highest BCUT2D eigenvalue weighted by atomic mass is 32.1. The van der Waals surface area contributed by atoms with Gasteiger partial charge in [-0.05, 0) is 24.5 Å². The molecule has 0 aliphatic rings. The van der Waals surface area contributed by atoms with Crippen molar-refractivity contribution in [2.24, 2.45) is 0 Å². The Kier molecular flexibility index (Phi) is 5.90. The Morgan fingerprint density at radius 1 is 1.18 bits per heavy atom. The number of hydrogen-bond donors (Lipinski definition) is 1. The van der Waals surface area contributed by atoms with Crippen LogP contribution in [0, 0.1) is 6.92 Å². The van der Waals surface area contributed by atoms with Gasteiger partial charge < -0.3 is 14.8 Å². The lowest BCUT2D eigenvalue weighted by Gasteiger charge is -2.07. The van der Waals surface area contributed by atoms with Crippen LogP contribution in [-0.2, 0) is 11.2 Å². The van der Waals surface area contributed by atoms with Crippen LogP contribution in [0.2, 0.25) is 0 Å². The molecule has 0 saturated heterocycles. The maximum atomic E-state index is 12.8. The third-order valence-corrected chi connectivity index (χ3v) is 4.72. The van der Waals surface area contributed by atoms with Gasteiger partial charge in [0.2, 0.25) is 5.88 Å². The lowest BCUT2D eigenvalue weighted by Crippen LogP contribution is -2.15. The van der Waals surface area contributed by atoms with E-state index in [0.29, 0.717) is 39.8 Å². The standard InChI is InChI=1S/C18H17N5O4S/c1-10-16(17(24)22-11-4-5-15(26-2)20-8-11)14(28-23-10)6-12-7-19-9-13(21-12)18(25)27-3/h4-5,7-9H,6H2,1-3H3,(H,22,24). The molecule has 0 unspecified atom stereocenters. The number of pyridine rings is 1. The molecule has 10 heteroatoms. The van der Waals surface area contributed by atoms with Crippen molar-refractivity contribution in [1.29, 1.82) is 0 Å². The van der Waals surface area contributed by atoms with Crippen LogP contribution in [0.15, 0.2) is 30.7 Å². The zero-order valence-corrected chi connectivity index (χ0v) is 16.2. The summed E-state index contributed by atoms with van der Waals surface area (Å²) in [6, 6.07) is 3.35. The molecule has 3 heterocycles. The number of hydrogen-bond acceptors (Lipinski definition) is 9. The Labute approximate surface area is 164 Å². The fraction of sp³-hybridized carbons (Fsp3) is 0.222. The molecule has 3 aromatic heterocycles. The van der Waals surface area contributed by atoms with Gasteiger partial charge in [0, 0.05) is 23.6 Å². The summed E-state index contributed by atoms with van der Waals surface area (Å²) < 4.78 is 13.9. The second-order valence-electron chi connectivity index (χ2n) is 5.67. The van der Waals surface area contributed by atoms with Gasteiger partial charge >= 0.3 is 5.97 Å². The van der Waals surface area contributed by atoms with Crippen molar-refractivity contribution in [2.45, 2.75) is 13.3 Å². The molecule has 1 amide bonds. The van der Waals surface area contributed by atoms with E-state index < -0.39 is 5.97 Å². The van der Waals surface area contributed by atoms with Crippen LogP contribution in [0.25, 0.3) is 0 Å². The number of carbonyl (C=O) groups is 2. The lowest BCUT2D eigenvalue weighted by molar-refractivity contribution is 0.0593. The molecule has 0 fully saturated rings. The highest BCUT2D eigenvalue weighted by Gasteiger charge is 2.20. The number of nitrogens with zero attached hydrogens (tertiary/aromatic N) is 4. The predicted octanol–water partition coefficient (Wildman–Crippen LogP) is 2.27. The van der Waals surface area contributed by atoms with E-state index in [1.54, 1.807) is 19.1 Å². The van der Waals surface area contributed by atoms with E-state index in [9.17, 15) is 9.59 Å². The zero-order valence-electron chi connectivity index (χ0n) is 15.4. The van der Waals surface area contributed by atoms with Gasteiger partial charge in [-0.2, -0.15) is 4.37 Å². The van der Waals surface area contributed by atoms with Crippen LogP contribution in [0.5, 0.6) is 5.88 Å². The highest BCUT2D eigenvalue weighted by molar-refractivity contribution is 7.06. The van der Waals surface area contributed by atoms with E-state index in [2.05, 4.69) is 29.4 Å². The summed E-state index contributed by atoms with van der Waals surface area (Å²) in [6.07, 6.45) is 4.69. The van der Waals surface area contributed by atoms with Crippen molar-refractivity contribution in [3.63, 3.8) is 0 Å². The minimum atomic E-state index is -0.570. The van der Waals surface area contributed by atoms with Crippen LogP contribution < -0.4 is 10.1 Å². The third-order valence-electron chi connectivity index (χ3n) is 3.78. The smallest absolute Gasteiger partial charge is 0.358 e. The van der Waals surface area contributed by atoms with E-state index in [1.807, 2.05) is 0 Å². The molecule has 1 N–H and O–H groups in total. The summed E-state index contributed by atoms with van der Waals surface area (Å²) in [7, 11) is 2.80. The zero-order chi connectivity index (χ0) is 20.1. The molecule has 0 aliphatic carbocycles. The Morgan fingerprint density at radius 2 is 2.00 bits per heavy atom. The molecular formula is C18H17N5O4S. The topological polar surface area (TPSA) is 116 Å². The molecule has 28 heavy (non-hydrogen) atoms. The average Bonchev–Trinajstić information content (AvgIpc) is 3.08. The third kappa shape index (κ3) is 4.29. The fourth-order valence-electron chi connectivity index (χ4n) is 2.46. The first-order valence-corrected chi connectivity index (χ1v) is 8.95. The van der Waals surface area contributed by atoms with Gasteiger partial charge in [-0.1, -0.05) is 0 Å². The molecule has 144 valence electrons. The van der Waals surface area contributed by atoms with Crippen molar-refractivity contribution in [1.82, 2.24) is 19.3 Å². The average molecular weight is 399 g/mol. The first-order chi connectivity index (χ1) is 13.5. The minimum Gasteiger partial charge on any atom is -0.481 e. The van der Waals surface area contributed by atoms with Crippen LogP contribution in [-0.4, -0.2) is 45.4 Å². The Balaban J connectivity index is 1.81. The van der Waals surface area contributed by atoms with Gasteiger partial charge in [-0.25, -0.2) is 14.8 Å². The van der Waals surface area contributed by atoms with Crippen molar-refractivity contribution in [3.8, 4) is 5.88 Å². The molecule has 0 spiro atoms. The fourth-order valence-corrected chi connectivity index (χ4v) is 3.34. The maximum absolute atomic E-state index is 12.8. The predicted molar refractivity (Wildman–Crippen MR) is 102 cm³/mol. The van der Waals surface area contributed by atoms with E-state index in [1.165, 1.54) is 44.3 Å². The van der Waals surface area contributed by atoms with Gasteiger partial charge in [-0.3, -0.25) is 9.78 Å². The highest BCUT2D eigenvalue weighted by Crippen LogP contribution is 2.23. The lowest BCUT2D eigenvalue weighted by atomic mass is 10.1. The summed E-state index contributed by atoms with van der Waals surface area (Å²) in [4.78, 5) is 37.4. The number of aromatic nitrogens is 4. The van der Waals surface area contributed by atoms with E-state index in [-0.39, 0.29) is 11.6 Å². The number of ether oxygens (including phenoxy) is 2. The van der Waals surface area contributed by atoms with Crippen molar-refractivity contribution < 1.29 is 19.1 Å². The van der Waals surface area contributed by atoms with Gasteiger partial charge in [-0.15, -0.1) is 0 Å². The first kappa shape index (κ1) is 19.4. The van der Waals surface area contributed by atoms with Crippen LogP contribution in [0.1, 0.15) is 37.1 Å². The number of anilines is 1. The summed E-state index contributed by atoms with van der Waals surface area (Å²) >= 11 is 1.21. The van der Waals surface area contributed by atoms with E-state index >= 15 is 0 Å². The Hall–Kier alpha value is -3.40. The van der Waals surface area contributed by atoms with Crippen LogP contribution in [0.3, 0.4) is 0 Å². The number of methoxy groups -OCH3 is 2. The molecule has 9 nitrogen and oxygen atoms in total. The van der Waals surface area contributed by atoms with Crippen LogP contribution in [0.4, 0.5) is 5.69 Å². The van der Waals surface area contributed by atoms with Gasteiger partial charge in [0.05, 0.1) is 49.3 Å². The summed E-state index contributed by atoms with van der Waals surface area (Å²) in [5.74, 6) is -0.416. The number of rotatable bonds is 6. The van der Waals surface area contributed by atoms with Crippen molar-refractivity contribution in [3.05, 3.63) is 58.2 Å². The minimum absolute atomic E-state index is 0.108. The molecule has 3 rings (SSSR count). The number of esters is 1. The van der Waals surface area contributed by atoms with Crippen molar-refractivity contribution in [2.75, 3.05) is 19.5 Å². The molecule has 0 aromatic carbocycles. The van der Waals surface area contributed by atoms with Gasteiger partial charge in [0.15, 0.2) is 5.69 Å². The molecule has 0 bridgehead atoms. The molecule has 0 saturated carbocycles. The first-order valence-electron chi connectivity index (χ1n) is 8.17. The summed E-state index contributed by atoms with van der Waals surface area (Å²) in [5, 5.41) is 2.80. The van der Waals surface area contributed by atoms with Gasteiger partial charge in [0.25, 0.3) is 5.91 Å². The number of carbonyl (C=O) groups excluding carboxylic acids is 2. The summed E-state index contributed by atoms with van der Waals surface area (Å²) in [5.41, 5.74) is 2.25. The largest absolute Gasteiger partial charge is 0.481 e. The normalized spacial score (nSPS) is 10.4. The van der Waals surface area contributed by atoms with Crippen LogP contribution >= 0.6 is 11.5 Å². The van der Waals surface area contributed by atoms with E-state index in [0.717, 1.165) is 0 Å². The van der Waals surface area contributed by atoms with Crippen molar-refractivity contribution >= 4 is 29.1 Å². The molecule has 0 radical (unpaired) electrons. The molecule has 0 aliphatic heterocycles. The number of nitrogens with one attached hydrogen (secondary N) is 1. The Bertz CT molecular complexity index is 1000. The number of amides is 1. The molecule has 0 atom stereocenters. The quantitative estimate of drug-likeness (QED) is 0.628. The number of aryl methyl sites for hydroxylation is 1. The maximum Gasteiger partial charge on any atom is 0.358 e. The molecule has 3 aromatic rings.